The number of anilines is 1. The Labute approximate surface area is 198 Å². The zero-order valence-corrected chi connectivity index (χ0v) is 19.4. The predicted octanol–water partition coefficient (Wildman–Crippen LogP) is 3.77. The molecule has 0 atom stereocenters. The number of hydrogen-bond acceptors (Lipinski definition) is 5. The van der Waals surface area contributed by atoms with E-state index in [1.54, 1.807) is 35.2 Å². The van der Waals surface area contributed by atoms with Crippen molar-refractivity contribution < 1.29 is 17.6 Å². The van der Waals surface area contributed by atoms with Crippen molar-refractivity contribution in [3.63, 3.8) is 0 Å². The van der Waals surface area contributed by atoms with Crippen LogP contribution in [0.5, 0.6) is 0 Å². The number of nitrogens with zero attached hydrogens (tertiary/aromatic N) is 2. The van der Waals surface area contributed by atoms with E-state index in [2.05, 4.69) is 9.62 Å². The Hall–Kier alpha value is -3.07. The molecule has 9 heteroatoms. The van der Waals surface area contributed by atoms with Gasteiger partial charge in [-0.05, 0) is 54.1 Å². The van der Waals surface area contributed by atoms with Gasteiger partial charge in [-0.25, -0.2) is 13.1 Å². The lowest BCUT2D eigenvalue weighted by Gasteiger charge is -2.35. The number of carbonyl (C=O) groups excluding carboxylic acids is 1. The summed E-state index contributed by atoms with van der Waals surface area (Å²) in [5, 5.41) is 0.695. The number of rotatable bonds is 7. The van der Waals surface area contributed by atoms with Gasteiger partial charge in [0.15, 0.2) is 0 Å². The molecule has 1 aromatic heterocycles. The first-order chi connectivity index (χ1) is 15.9. The molecule has 0 aliphatic carbocycles. The molecule has 172 valence electrons. The molecule has 0 unspecified atom stereocenters. The molecule has 2 heterocycles. The number of halogens is 1. The number of nitrogens with one attached hydrogen (secondary N) is 1. The molecule has 0 radical (unpaired) electrons. The monoisotopic (exact) mass is 485 g/mol. The summed E-state index contributed by atoms with van der Waals surface area (Å²) in [5.74, 6) is 0.461. The number of amides is 1. The highest BCUT2D eigenvalue weighted by Gasteiger charge is 2.20. The minimum atomic E-state index is -3.65. The molecule has 1 saturated heterocycles. The highest BCUT2D eigenvalue weighted by atomic mass is 35.5. The molecule has 0 bridgehead atoms. The number of furan rings is 1. The molecule has 1 aliphatic heterocycles. The van der Waals surface area contributed by atoms with Crippen LogP contribution in [0.3, 0.4) is 0 Å². The van der Waals surface area contributed by atoms with E-state index in [9.17, 15) is 13.2 Å². The fourth-order valence-corrected chi connectivity index (χ4v) is 4.73. The lowest BCUT2D eigenvalue weighted by molar-refractivity contribution is -0.126. The van der Waals surface area contributed by atoms with Gasteiger partial charge in [0.05, 0.1) is 17.7 Å². The fraction of sp³-hybridized carbons (Fsp3) is 0.208. The quantitative estimate of drug-likeness (QED) is 0.515. The Bertz CT molecular complexity index is 1220. The molecular weight excluding hydrogens is 462 g/mol. The summed E-state index contributed by atoms with van der Waals surface area (Å²) in [4.78, 5) is 16.7. The maximum atomic E-state index is 12.6. The first-order valence-electron chi connectivity index (χ1n) is 10.5. The van der Waals surface area contributed by atoms with Crippen LogP contribution in [0.2, 0.25) is 5.02 Å². The summed E-state index contributed by atoms with van der Waals surface area (Å²) in [6.45, 7) is 2.79. The molecule has 7 nitrogen and oxygen atoms in total. The van der Waals surface area contributed by atoms with Gasteiger partial charge in [-0.1, -0.05) is 29.8 Å². The van der Waals surface area contributed by atoms with Gasteiger partial charge in [0.2, 0.25) is 15.9 Å². The van der Waals surface area contributed by atoms with E-state index < -0.39 is 10.0 Å². The second-order valence-electron chi connectivity index (χ2n) is 7.60. The van der Waals surface area contributed by atoms with Crippen molar-refractivity contribution in [2.24, 2.45) is 0 Å². The van der Waals surface area contributed by atoms with Crippen molar-refractivity contribution in [3.8, 4) is 0 Å². The van der Waals surface area contributed by atoms with Crippen LogP contribution >= 0.6 is 11.6 Å². The topological polar surface area (TPSA) is 82.9 Å². The lowest BCUT2D eigenvalue weighted by Crippen LogP contribution is -2.48. The fourth-order valence-electron chi connectivity index (χ4n) is 3.55. The number of hydrogen-bond donors (Lipinski definition) is 1. The summed E-state index contributed by atoms with van der Waals surface area (Å²) in [6.07, 6.45) is 4.71. The van der Waals surface area contributed by atoms with Crippen LogP contribution in [-0.4, -0.2) is 45.4 Å². The molecule has 0 spiro atoms. The van der Waals surface area contributed by atoms with Gasteiger partial charge in [0, 0.05) is 43.0 Å². The zero-order valence-electron chi connectivity index (χ0n) is 17.9. The van der Waals surface area contributed by atoms with Crippen LogP contribution in [0.1, 0.15) is 11.3 Å². The van der Waals surface area contributed by atoms with Crippen LogP contribution in [0.25, 0.3) is 6.08 Å². The van der Waals surface area contributed by atoms with Crippen LogP contribution < -0.4 is 9.62 Å². The molecule has 1 amide bonds. The maximum absolute atomic E-state index is 12.6. The third kappa shape index (κ3) is 6.04. The Balaban J connectivity index is 1.30. The Morgan fingerprint density at radius 3 is 2.45 bits per heavy atom. The average molecular weight is 486 g/mol. The van der Waals surface area contributed by atoms with Crippen LogP contribution in [0.4, 0.5) is 5.69 Å². The van der Waals surface area contributed by atoms with Gasteiger partial charge < -0.3 is 14.2 Å². The summed E-state index contributed by atoms with van der Waals surface area (Å²) in [7, 11) is -3.65. The molecule has 1 N–H and O–H groups in total. The third-order valence-electron chi connectivity index (χ3n) is 5.39. The van der Waals surface area contributed by atoms with Gasteiger partial charge in [0.1, 0.15) is 5.76 Å². The Morgan fingerprint density at radius 2 is 1.79 bits per heavy atom. The molecule has 4 rings (SSSR count). The molecule has 3 aromatic rings. The molecule has 0 saturated carbocycles. The first kappa shape index (κ1) is 23.1. The lowest BCUT2D eigenvalue weighted by atomic mass is 10.2. The van der Waals surface area contributed by atoms with Crippen molar-refractivity contribution in [1.29, 1.82) is 0 Å². The minimum absolute atomic E-state index is 0.0717. The molecule has 33 heavy (non-hydrogen) atoms. The van der Waals surface area contributed by atoms with E-state index in [4.69, 9.17) is 16.0 Å². The normalized spacial score (nSPS) is 14.7. The van der Waals surface area contributed by atoms with E-state index in [0.717, 1.165) is 24.3 Å². The number of piperazine rings is 1. The van der Waals surface area contributed by atoms with Crippen molar-refractivity contribution in [1.82, 2.24) is 9.62 Å². The second kappa shape index (κ2) is 10.2. The van der Waals surface area contributed by atoms with Gasteiger partial charge >= 0.3 is 0 Å². The predicted molar refractivity (Wildman–Crippen MR) is 128 cm³/mol. The van der Waals surface area contributed by atoms with Crippen molar-refractivity contribution in [2.75, 3.05) is 31.1 Å². The average Bonchev–Trinajstić information content (AvgIpc) is 3.36. The molecular formula is C24H24ClN3O4S. The van der Waals surface area contributed by atoms with E-state index in [1.165, 1.54) is 24.5 Å². The van der Waals surface area contributed by atoms with Crippen molar-refractivity contribution in [2.45, 2.75) is 11.4 Å². The van der Waals surface area contributed by atoms with Crippen LogP contribution in [-0.2, 0) is 21.4 Å². The maximum Gasteiger partial charge on any atom is 0.246 e. The largest absolute Gasteiger partial charge is 0.468 e. The molecule has 1 aliphatic rings. The van der Waals surface area contributed by atoms with Crippen molar-refractivity contribution in [3.05, 3.63) is 89.3 Å². The van der Waals surface area contributed by atoms with E-state index in [0.29, 0.717) is 23.9 Å². The van der Waals surface area contributed by atoms with Gasteiger partial charge in [-0.2, -0.15) is 0 Å². The van der Waals surface area contributed by atoms with Gasteiger partial charge in [0.25, 0.3) is 0 Å². The van der Waals surface area contributed by atoms with Gasteiger partial charge in [-0.3, -0.25) is 4.79 Å². The highest BCUT2D eigenvalue weighted by Crippen LogP contribution is 2.21. The number of carbonyl (C=O) groups is 1. The Morgan fingerprint density at radius 1 is 1.03 bits per heavy atom. The summed E-state index contributed by atoms with van der Waals surface area (Å²) >= 11 is 6.07. The summed E-state index contributed by atoms with van der Waals surface area (Å²) in [6, 6.07) is 17.5. The van der Waals surface area contributed by atoms with Crippen LogP contribution in [0, 0.1) is 0 Å². The first-order valence-corrected chi connectivity index (χ1v) is 12.4. The van der Waals surface area contributed by atoms with Crippen molar-refractivity contribution >= 4 is 39.3 Å². The standard InChI is InChI=1S/C24H24ClN3O4S/c25-20-3-1-4-21(17-20)27-12-14-28(15-13-27)24(29)11-8-19-6-9-23(10-7-19)33(30,31)26-18-22-5-2-16-32-22/h1-11,16-17,26H,12-15,18H2/b11-8+. The smallest absolute Gasteiger partial charge is 0.246 e. The SMILES string of the molecule is O=C(/C=C/c1ccc(S(=O)(=O)NCc2ccco2)cc1)N1CCN(c2cccc(Cl)c2)CC1. The number of sulfonamides is 1. The van der Waals surface area contributed by atoms with E-state index in [-0.39, 0.29) is 17.3 Å². The molecule has 2 aromatic carbocycles. The second-order valence-corrected chi connectivity index (χ2v) is 9.80. The van der Waals surface area contributed by atoms with E-state index in [1.807, 2.05) is 24.3 Å². The number of benzene rings is 2. The molecule has 1 fully saturated rings. The summed E-state index contributed by atoms with van der Waals surface area (Å²) in [5.41, 5.74) is 1.80. The summed E-state index contributed by atoms with van der Waals surface area (Å²) < 4.78 is 32.5. The van der Waals surface area contributed by atoms with Crippen LogP contribution in [0.15, 0.2) is 82.3 Å². The van der Waals surface area contributed by atoms with E-state index >= 15 is 0 Å². The van der Waals surface area contributed by atoms with Gasteiger partial charge in [-0.15, -0.1) is 0 Å². The minimum Gasteiger partial charge on any atom is -0.468 e. The highest BCUT2D eigenvalue weighted by molar-refractivity contribution is 7.89. The third-order valence-corrected chi connectivity index (χ3v) is 7.04. The zero-order chi connectivity index (χ0) is 23.3. The Kier molecular flexibility index (Phi) is 7.17.